The summed E-state index contributed by atoms with van der Waals surface area (Å²) in [6, 6.07) is 4.01. The zero-order valence-electron chi connectivity index (χ0n) is 16.3. The lowest BCUT2D eigenvalue weighted by Crippen LogP contribution is -2.47. The SMILES string of the molecule is O=C(CCCSC1CCCC1)NC[C@H]1CN(Cc2ccc(F)c(F)c2)CCO1. The molecule has 1 aliphatic heterocycles. The largest absolute Gasteiger partial charge is 0.374 e. The van der Waals surface area contributed by atoms with E-state index in [2.05, 4.69) is 10.2 Å². The van der Waals surface area contributed by atoms with E-state index in [-0.39, 0.29) is 12.0 Å². The van der Waals surface area contributed by atoms with Crippen LogP contribution in [-0.4, -0.2) is 54.2 Å². The third-order valence-electron chi connectivity index (χ3n) is 5.34. The van der Waals surface area contributed by atoms with Crippen LogP contribution in [0.1, 0.15) is 44.1 Å². The van der Waals surface area contributed by atoms with Crippen molar-refractivity contribution in [2.45, 2.75) is 56.4 Å². The molecule has 1 aromatic rings. The van der Waals surface area contributed by atoms with Crippen LogP contribution in [0.4, 0.5) is 8.78 Å². The van der Waals surface area contributed by atoms with Gasteiger partial charge in [0.15, 0.2) is 11.6 Å². The van der Waals surface area contributed by atoms with Gasteiger partial charge in [-0.15, -0.1) is 0 Å². The predicted octanol–water partition coefficient (Wildman–Crippen LogP) is 3.74. The Morgan fingerprint density at radius 2 is 2.07 bits per heavy atom. The number of carbonyl (C=O) groups excluding carboxylic acids is 1. The van der Waals surface area contributed by atoms with Gasteiger partial charge in [0.2, 0.25) is 5.91 Å². The van der Waals surface area contributed by atoms with E-state index in [1.165, 1.54) is 31.7 Å². The number of benzene rings is 1. The van der Waals surface area contributed by atoms with E-state index in [0.29, 0.717) is 32.7 Å². The summed E-state index contributed by atoms with van der Waals surface area (Å²) < 4.78 is 32.2. The number of thioether (sulfide) groups is 1. The molecule has 0 unspecified atom stereocenters. The van der Waals surface area contributed by atoms with Crippen LogP contribution in [0.25, 0.3) is 0 Å². The van der Waals surface area contributed by atoms with Gasteiger partial charge in [-0.25, -0.2) is 8.78 Å². The van der Waals surface area contributed by atoms with Crippen LogP contribution in [0.5, 0.6) is 0 Å². The van der Waals surface area contributed by atoms with E-state index >= 15 is 0 Å². The van der Waals surface area contributed by atoms with Crippen LogP contribution in [0.3, 0.4) is 0 Å². The number of halogens is 2. The molecule has 1 amide bonds. The highest BCUT2D eigenvalue weighted by Gasteiger charge is 2.21. The molecule has 0 bridgehead atoms. The average molecular weight is 413 g/mol. The van der Waals surface area contributed by atoms with E-state index in [9.17, 15) is 13.6 Å². The smallest absolute Gasteiger partial charge is 0.220 e. The molecule has 0 aromatic heterocycles. The van der Waals surface area contributed by atoms with Crippen LogP contribution >= 0.6 is 11.8 Å². The molecule has 1 N–H and O–H groups in total. The lowest BCUT2D eigenvalue weighted by atomic mass is 10.1. The number of nitrogens with zero attached hydrogens (tertiary/aromatic N) is 1. The van der Waals surface area contributed by atoms with Gasteiger partial charge in [-0.1, -0.05) is 18.9 Å². The molecule has 1 atom stereocenters. The molecule has 0 radical (unpaired) electrons. The molecule has 28 heavy (non-hydrogen) atoms. The Morgan fingerprint density at radius 1 is 1.25 bits per heavy atom. The molecule has 2 aliphatic rings. The van der Waals surface area contributed by atoms with Gasteiger partial charge >= 0.3 is 0 Å². The summed E-state index contributed by atoms with van der Waals surface area (Å²) in [5, 5.41) is 3.78. The number of hydrogen-bond acceptors (Lipinski definition) is 4. The molecule has 3 rings (SSSR count). The molecule has 1 heterocycles. The second-order valence-electron chi connectivity index (χ2n) is 7.66. The van der Waals surface area contributed by atoms with E-state index in [1.54, 1.807) is 6.07 Å². The first-order valence-electron chi connectivity index (χ1n) is 10.3. The molecular weight excluding hydrogens is 382 g/mol. The molecule has 1 saturated carbocycles. The Kier molecular flexibility index (Phi) is 8.55. The molecule has 0 spiro atoms. The first-order chi connectivity index (χ1) is 13.6. The Labute approximate surface area is 170 Å². The van der Waals surface area contributed by atoms with Gasteiger partial charge in [-0.3, -0.25) is 9.69 Å². The van der Waals surface area contributed by atoms with Crippen molar-refractivity contribution in [2.24, 2.45) is 0 Å². The zero-order valence-corrected chi connectivity index (χ0v) is 17.1. The minimum Gasteiger partial charge on any atom is -0.374 e. The standard InChI is InChI=1S/C21H30F2N2O2S/c22-19-8-7-16(12-20(19)23)14-25-9-10-27-17(15-25)13-24-21(26)6-3-11-28-18-4-1-2-5-18/h7-8,12,17-18H,1-6,9-11,13-15H2,(H,24,26)/t17-/m0/s1. The van der Waals surface area contributed by atoms with Gasteiger partial charge in [-0.05, 0) is 42.7 Å². The monoisotopic (exact) mass is 412 g/mol. The molecule has 4 nitrogen and oxygen atoms in total. The highest BCUT2D eigenvalue weighted by atomic mass is 32.2. The van der Waals surface area contributed by atoms with E-state index in [0.717, 1.165) is 35.6 Å². The molecule has 1 aliphatic carbocycles. The van der Waals surface area contributed by atoms with Crippen molar-refractivity contribution in [2.75, 3.05) is 32.0 Å². The minimum absolute atomic E-state index is 0.0733. The minimum atomic E-state index is -0.826. The van der Waals surface area contributed by atoms with Gasteiger partial charge < -0.3 is 10.1 Å². The number of carbonyl (C=O) groups is 1. The molecule has 1 saturated heterocycles. The zero-order chi connectivity index (χ0) is 19.8. The second-order valence-corrected chi connectivity index (χ2v) is 9.07. The number of amides is 1. The Morgan fingerprint density at radius 3 is 2.86 bits per heavy atom. The maximum atomic E-state index is 13.4. The van der Waals surface area contributed by atoms with Crippen LogP contribution in [0.15, 0.2) is 18.2 Å². The first kappa shape index (κ1) is 21.5. The summed E-state index contributed by atoms with van der Waals surface area (Å²) in [5.41, 5.74) is 0.739. The maximum absolute atomic E-state index is 13.4. The summed E-state index contributed by atoms with van der Waals surface area (Å²) in [5.74, 6) is -0.512. The van der Waals surface area contributed by atoms with E-state index in [1.807, 2.05) is 11.8 Å². The van der Waals surface area contributed by atoms with Gasteiger partial charge in [0, 0.05) is 37.8 Å². The average Bonchev–Trinajstić information content (AvgIpc) is 3.20. The normalized spacial score (nSPS) is 21.1. The van der Waals surface area contributed by atoms with Crippen molar-refractivity contribution in [1.29, 1.82) is 0 Å². The summed E-state index contributed by atoms with van der Waals surface area (Å²) in [7, 11) is 0. The summed E-state index contributed by atoms with van der Waals surface area (Å²) in [6.07, 6.45) is 6.77. The first-order valence-corrected chi connectivity index (χ1v) is 11.3. The Balaban J connectivity index is 1.31. The Hall–Kier alpha value is -1.18. The number of hydrogen-bond donors (Lipinski definition) is 1. The fourth-order valence-corrected chi connectivity index (χ4v) is 5.11. The fourth-order valence-electron chi connectivity index (χ4n) is 3.80. The third-order valence-corrected chi connectivity index (χ3v) is 6.81. The highest BCUT2D eigenvalue weighted by Crippen LogP contribution is 2.29. The second kappa shape index (κ2) is 11.1. The number of morpholine rings is 1. The number of nitrogens with one attached hydrogen (secondary N) is 1. The highest BCUT2D eigenvalue weighted by molar-refractivity contribution is 7.99. The van der Waals surface area contributed by atoms with Gasteiger partial charge in [0.25, 0.3) is 0 Å². The van der Waals surface area contributed by atoms with Crippen molar-refractivity contribution in [3.05, 3.63) is 35.4 Å². The summed E-state index contributed by atoms with van der Waals surface area (Å²) in [6.45, 7) is 3.01. The molecule has 1 aromatic carbocycles. The van der Waals surface area contributed by atoms with Crippen molar-refractivity contribution < 1.29 is 18.3 Å². The van der Waals surface area contributed by atoms with Crippen molar-refractivity contribution in [1.82, 2.24) is 10.2 Å². The summed E-state index contributed by atoms with van der Waals surface area (Å²) in [4.78, 5) is 14.2. The predicted molar refractivity (Wildman–Crippen MR) is 108 cm³/mol. The number of ether oxygens (including phenoxy) is 1. The molecule has 2 fully saturated rings. The third kappa shape index (κ3) is 7.01. The summed E-state index contributed by atoms with van der Waals surface area (Å²) >= 11 is 2.01. The number of rotatable bonds is 9. The fraction of sp³-hybridized carbons (Fsp3) is 0.667. The van der Waals surface area contributed by atoms with Gasteiger partial charge in [-0.2, -0.15) is 11.8 Å². The lowest BCUT2D eigenvalue weighted by Gasteiger charge is -2.33. The van der Waals surface area contributed by atoms with Crippen LogP contribution in [-0.2, 0) is 16.1 Å². The van der Waals surface area contributed by atoms with Crippen LogP contribution < -0.4 is 5.32 Å². The van der Waals surface area contributed by atoms with Crippen molar-refractivity contribution >= 4 is 17.7 Å². The molecule has 156 valence electrons. The van der Waals surface area contributed by atoms with E-state index < -0.39 is 11.6 Å². The van der Waals surface area contributed by atoms with E-state index in [4.69, 9.17) is 4.74 Å². The molecule has 7 heteroatoms. The van der Waals surface area contributed by atoms with Crippen molar-refractivity contribution in [3.8, 4) is 0 Å². The Bertz CT molecular complexity index is 641. The van der Waals surface area contributed by atoms with Gasteiger partial charge in [0.05, 0.1) is 12.7 Å². The quantitative estimate of drug-likeness (QED) is 0.628. The van der Waals surface area contributed by atoms with Crippen LogP contribution in [0.2, 0.25) is 0 Å². The molecular formula is C21H30F2N2O2S. The topological polar surface area (TPSA) is 41.6 Å². The maximum Gasteiger partial charge on any atom is 0.220 e. The van der Waals surface area contributed by atoms with Crippen molar-refractivity contribution in [3.63, 3.8) is 0 Å². The van der Waals surface area contributed by atoms with Crippen LogP contribution in [0, 0.1) is 11.6 Å². The lowest BCUT2D eigenvalue weighted by molar-refractivity contribution is -0.122. The van der Waals surface area contributed by atoms with Gasteiger partial charge in [0.1, 0.15) is 0 Å².